The molecule has 1 aromatic heterocycles. The van der Waals surface area contributed by atoms with Gasteiger partial charge in [-0.1, -0.05) is 0 Å². The molecule has 30 heavy (non-hydrogen) atoms. The largest absolute Gasteiger partial charge is 0.474 e. The van der Waals surface area contributed by atoms with Crippen molar-refractivity contribution in [3.63, 3.8) is 0 Å². The Labute approximate surface area is 176 Å². The Morgan fingerprint density at radius 1 is 1.07 bits per heavy atom. The third-order valence-corrected chi connectivity index (χ3v) is 6.28. The summed E-state index contributed by atoms with van der Waals surface area (Å²) < 4.78 is 17.1. The Kier molecular flexibility index (Phi) is 5.73. The number of ether oxygens (including phenoxy) is 3. The van der Waals surface area contributed by atoms with E-state index in [4.69, 9.17) is 14.2 Å². The topological polar surface area (TPSA) is 80.2 Å². The van der Waals surface area contributed by atoms with E-state index in [-0.39, 0.29) is 6.10 Å². The summed E-state index contributed by atoms with van der Waals surface area (Å²) in [7, 11) is 0. The first-order valence-electron chi connectivity index (χ1n) is 11.0. The van der Waals surface area contributed by atoms with Gasteiger partial charge >= 0.3 is 0 Å². The molecule has 0 unspecified atom stereocenters. The molecule has 1 aliphatic carbocycles. The van der Waals surface area contributed by atoms with Gasteiger partial charge in [0.25, 0.3) is 0 Å². The number of hydrogen-bond acceptors (Lipinski definition) is 8. The molecule has 8 heteroatoms. The molecule has 0 bridgehead atoms. The molecule has 0 spiro atoms. The fourth-order valence-corrected chi connectivity index (χ4v) is 4.31. The van der Waals surface area contributed by atoms with Crippen molar-refractivity contribution in [2.75, 3.05) is 64.1 Å². The van der Waals surface area contributed by atoms with Gasteiger partial charge in [-0.25, -0.2) is 9.97 Å². The third-order valence-electron chi connectivity index (χ3n) is 6.28. The lowest BCUT2D eigenvalue weighted by Gasteiger charge is -2.39. The lowest BCUT2D eigenvalue weighted by Crippen LogP contribution is -2.54. The third kappa shape index (κ3) is 4.37. The minimum absolute atomic E-state index is 0.290. The van der Waals surface area contributed by atoms with Gasteiger partial charge in [0, 0.05) is 38.4 Å². The van der Waals surface area contributed by atoms with E-state index in [0.29, 0.717) is 38.9 Å². The van der Waals surface area contributed by atoms with Crippen molar-refractivity contribution in [1.82, 2.24) is 14.9 Å². The maximum atomic E-state index is 10.8. The zero-order chi connectivity index (χ0) is 20.4. The molecule has 1 aromatic carbocycles. The maximum Gasteiger partial charge on any atom is 0.224 e. The van der Waals surface area contributed by atoms with E-state index in [1.807, 2.05) is 0 Å². The molecular formula is C22H30N4O4. The highest BCUT2D eigenvalue weighted by Gasteiger charge is 2.33. The van der Waals surface area contributed by atoms with Gasteiger partial charge < -0.3 is 24.2 Å². The van der Waals surface area contributed by atoms with E-state index in [2.05, 4.69) is 38.0 Å². The van der Waals surface area contributed by atoms with Crippen LogP contribution in [-0.4, -0.2) is 90.8 Å². The van der Waals surface area contributed by atoms with Crippen LogP contribution in [0.3, 0.4) is 0 Å². The number of anilines is 1. The molecular weight excluding hydrogens is 384 g/mol. The summed E-state index contributed by atoms with van der Waals surface area (Å²) in [5.74, 6) is 0.695. The second-order valence-electron chi connectivity index (χ2n) is 8.64. The predicted molar refractivity (Wildman–Crippen MR) is 113 cm³/mol. The second-order valence-corrected chi connectivity index (χ2v) is 8.64. The average molecular weight is 415 g/mol. The van der Waals surface area contributed by atoms with Crippen LogP contribution in [0.5, 0.6) is 5.88 Å². The molecule has 2 aromatic rings. The predicted octanol–water partition coefficient (Wildman–Crippen LogP) is 1.46. The summed E-state index contributed by atoms with van der Waals surface area (Å²) in [5.41, 5.74) is 1.15. The highest BCUT2D eigenvalue weighted by Crippen LogP contribution is 2.31. The molecule has 0 atom stereocenters. The summed E-state index contributed by atoms with van der Waals surface area (Å²) >= 11 is 0. The van der Waals surface area contributed by atoms with E-state index in [9.17, 15) is 5.11 Å². The highest BCUT2D eigenvalue weighted by atomic mass is 16.6. The Balaban J connectivity index is 1.25. The highest BCUT2D eigenvalue weighted by molar-refractivity contribution is 5.86. The van der Waals surface area contributed by atoms with Crippen LogP contribution in [0.1, 0.15) is 19.3 Å². The maximum absolute atomic E-state index is 10.8. The SMILES string of the molecule is OC1(CN2CCN(c3ccc4ncnc(OC5CCC5)c4c3)CC2)COCCOC1. The number of fused-ring (bicyclic) bond motifs is 1. The molecule has 0 radical (unpaired) electrons. The van der Waals surface area contributed by atoms with E-state index < -0.39 is 5.60 Å². The molecule has 3 fully saturated rings. The van der Waals surface area contributed by atoms with Crippen molar-refractivity contribution < 1.29 is 19.3 Å². The molecule has 3 aliphatic rings. The number of aromatic nitrogens is 2. The van der Waals surface area contributed by atoms with Gasteiger partial charge in [-0.15, -0.1) is 0 Å². The van der Waals surface area contributed by atoms with Crippen molar-refractivity contribution in [2.24, 2.45) is 0 Å². The molecule has 1 saturated carbocycles. The number of benzene rings is 1. The number of piperazine rings is 1. The summed E-state index contributed by atoms with van der Waals surface area (Å²) in [5, 5.41) is 11.8. The van der Waals surface area contributed by atoms with Crippen molar-refractivity contribution in [1.29, 1.82) is 0 Å². The van der Waals surface area contributed by atoms with Gasteiger partial charge in [-0.05, 0) is 37.5 Å². The van der Waals surface area contributed by atoms with E-state index in [1.165, 1.54) is 6.42 Å². The monoisotopic (exact) mass is 414 g/mol. The van der Waals surface area contributed by atoms with Gasteiger partial charge in [0.2, 0.25) is 5.88 Å². The first kappa shape index (κ1) is 19.9. The molecule has 0 amide bonds. The Bertz CT molecular complexity index is 859. The summed E-state index contributed by atoms with van der Waals surface area (Å²) in [6, 6.07) is 6.33. The first-order valence-corrected chi connectivity index (χ1v) is 11.0. The van der Waals surface area contributed by atoms with Crippen LogP contribution in [0.15, 0.2) is 24.5 Å². The van der Waals surface area contributed by atoms with Crippen LogP contribution < -0.4 is 9.64 Å². The van der Waals surface area contributed by atoms with Gasteiger partial charge in [0.05, 0.1) is 37.3 Å². The van der Waals surface area contributed by atoms with Crippen LogP contribution in [0.4, 0.5) is 5.69 Å². The number of nitrogens with zero attached hydrogens (tertiary/aromatic N) is 4. The molecule has 2 aliphatic heterocycles. The van der Waals surface area contributed by atoms with Crippen LogP contribution in [0, 0.1) is 0 Å². The first-order chi connectivity index (χ1) is 14.7. The standard InChI is InChI=1S/C22H30N4O4/c27-22(14-28-10-11-29-15-22)13-25-6-8-26(9-7-25)17-4-5-20-19(12-17)21(24-16-23-20)30-18-2-1-3-18/h4-5,12,16,18,27H,1-3,6-11,13-15H2. The fraction of sp³-hybridized carbons (Fsp3) is 0.636. The quantitative estimate of drug-likeness (QED) is 0.788. The minimum atomic E-state index is -0.924. The van der Waals surface area contributed by atoms with Gasteiger partial charge in [0.1, 0.15) is 18.0 Å². The Morgan fingerprint density at radius 2 is 1.83 bits per heavy atom. The van der Waals surface area contributed by atoms with Crippen LogP contribution in [0.2, 0.25) is 0 Å². The lowest BCUT2D eigenvalue weighted by molar-refractivity contribution is -0.0746. The van der Waals surface area contributed by atoms with Crippen molar-refractivity contribution in [3.8, 4) is 5.88 Å². The molecule has 5 rings (SSSR count). The number of hydrogen-bond donors (Lipinski definition) is 1. The Hall–Kier alpha value is -2.00. The summed E-state index contributed by atoms with van der Waals surface area (Å²) in [4.78, 5) is 13.5. The fourth-order valence-electron chi connectivity index (χ4n) is 4.31. The van der Waals surface area contributed by atoms with Crippen molar-refractivity contribution in [2.45, 2.75) is 31.0 Å². The molecule has 8 nitrogen and oxygen atoms in total. The number of β-amino-alcohol motifs (C(OH)–C–C–N with tert-alkyl or cyclic N) is 1. The van der Waals surface area contributed by atoms with Crippen LogP contribution >= 0.6 is 0 Å². The van der Waals surface area contributed by atoms with Crippen molar-refractivity contribution in [3.05, 3.63) is 24.5 Å². The molecule has 162 valence electrons. The normalized spacial score (nSPS) is 23.2. The lowest BCUT2D eigenvalue weighted by atomic mass is 9.96. The summed E-state index contributed by atoms with van der Waals surface area (Å²) in [6.07, 6.45) is 5.32. The summed E-state index contributed by atoms with van der Waals surface area (Å²) in [6.45, 7) is 5.91. The Morgan fingerprint density at radius 3 is 2.53 bits per heavy atom. The zero-order valence-corrected chi connectivity index (χ0v) is 17.3. The van der Waals surface area contributed by atoms with Gasteiger partial charge in [-0.3, -0.25) is 4.90 Å². The molecule has 1 N–H and O–H groups in total. The van der Waals surface area contributed by atoms with E-state index >= 15 is 0 Å². The van der Waals surface area contributed by atoms with Gasteiger partial charge in [0.15, 0.2) is 0 Å². The van der Waals surface area contributed by atoms with E-state index in [1.54, 1.807) is 6.33 Å². The van der Waals surface area contributed by atoms with Crippen LogP contribution in [-0.2, 0) is 9.47 Å². The second kappa shape index (κ2) is 8.63. The van der Waals surface area contributed by atoms with Gasteiger partial charge in [-0.2, -0.15) is 0 Å². The minimum Gasteiger partial charge on any atom is -0.474 e. The number of aliphatic hydroxyl groups is 1. The van der Waals surface area contributed by atoms with Crippen molar-refractivity contribution >= 4 is 16.6 Å². The molecule has 3 heterocycles. The average Bonchev–Trinajstić information content (AvgIpc) is 2.95. The zero-order valence-electron chi connectivity index (χ0n) is 17.3. The van der Waals surface area contributed by atoms with Crippen LogP contribution in [0.25, 0.3) is 10.9 Å². The number of rotatable bonds is 5. The van der Waals surface area contributed by atoms with E-state index in [0.717, 1.165) is 55.6 Å². The smallest absolute Gasteiger partial charge is 0.224 e. The molecule has 2 saturated heterocycles.